The van der Waals surface area contributed by atoms with E-state index in [-0.39, 0.29) is 0 Å². The predicted molar refractivity (Wildman–Crippen MR) is 285 cm³/mol. The van der Waals surface area contributed by atoms with Crippen molar-refractivity contribution in [3.05, 3.63) is 266 Å². The fraction of sp³-hybridized carbons (Fsp3) is 0.0323. The highest BCUT2D eigenvalue weighted by Gasteiger charge is 2.50. The molecule has 2 aliphatic heterocycles. The Balaban J connectivity index is 0.996. The SMILES string of the molecule is Cc1cc(C)c(N2c3ccccc3[Si](c3ccccc3)(c3ccccc3)c3ccccc32)cc1-c1ccc(N2c3ccccc3[Si](c3ccccc3)(c3ccccc3)c3ccccc32)cc1. The molecule has 0 radical (unpaired) electrons. The molecular weight excluding hydrogens is 829 g/mol. The molecule has 0 atom stereocenters. The Kier molecular flexibility index (Phi) is 9.67. The van der Waals surface area contributed by atoms with Gasteiger partial charge in [-0.1, -0.05) is 212 Å². The molecule has 66 heavy (non-hydrogen) atoms. The second kappa shape index (κ2) is 16.0. The Hall–Kier alpha value is -7.77. The molecule has 0 aromatic heterocycles. The van der Waals surface area contributed by atoms with Crippen LogP contribution in [0.4, 0.5) is 34.1 Å². The van der Waals surface area contributed by atoms with Crippen molar-refractivity contribution in [2.75, 3.05) is 9.80 Å². The number of benzene rings is 10. The van der Waals surface area contributed by atoms with Crippen LogP contribution in [0, 0.1) is 13.8 Å². The van der Waals surface area contributed by atoms with Gasteiger partial charge in [0.05, 0.1) is 0 Å². The summed E-state index contributed by atoms with van der Waals surface area (Å²) in [6.07, 6.45) is 0. The number of hydrogen-bond donors (Lipinski definition) is 0. The number of nitrogens with zero attached hydrogens (tertiary/aromatic N) is 2. The fourth-order valence-corrected chi connectivity index (χ4v) is 21.8. The maximum absolute atomic E-state index is 2.72. The number of para-hydroxylation sites is 4. The van der Waals surface area contributed by atoms with E-state index in [1.165, 1.54) is 92.2 Å². The Morgan fingerprint density at radius 2 is 0.591 bits per heavy atom. The lowest BCUT2D eigenvalue weighted by atomic mass is 9.96. The lowest BCUT2D eigenvalue weighted by molar-refractivity contribution is 1.24. The maximum Gasteiger partial charge on any atom is 0.184 e. The molecule has 2 heterocycles. The van der Waals surface area contributed by atoms with Gasteiger partial charge in [0.1, 0.15) is 0 Å². The van der Waals surface area contributed by atoms with E-state index in [1.54, 1.807) is 0 Å². The number of fused-ring (bicyclic) bond motifs is 4. The molecule has 0 bridgehead atoms. The molecule has 0 saturated heterocycles. The third kappa shape index (κ3) is 5.92. The van der Waals surface area contributed by atoms with Crippen molar-refractivity contribution in [3.63, 3.8) is 0 Å². The molecule has 10 aromatic carbocycles. The van der Waals surface area contributed by atoms with E-state index in [9.17, 15) is 0 Å². The van der Waals surface area contributed by atoms with E-state index in [1.807, 2.05) is 0 Å². The molecule has 2 aliphatic rings. The number of anilines is 6. The third-order valence-electron chi connectivity index (χ3n) is 14.2. The van der Waals surface area contributed by atoms with Crippen molar-refractivity contribution in [2.24, 2.45) is 0 Å². The molecular formula is C62H48N2Si2. The summed E-state index contributed by atoms with van der Waals surface area (Å²) in [5.41, 5.74) is 12.3. The van der Waals surface area contributed by atoms with E-state index in [2.05, 4.69) is 278 Å². The summed E-state index contributed by atoms with van der Waals surface area (Å²) in [4.78, 5) is 5.04. The van der Waals surface area contributed by atoms with Crippen LogP contribution in [-0.4, -0.2) is 16.1 Å². The molecule has 0 N–H and O–H groups in total. The minimum Gasteiger partial charge on any atom is -0.311 e. The van der Waals surface area contributed by atoms with Crippen LogP contribution in [-0.2, 0) is 0 Å². The zero-order chi connectivity index (χ0) is 44.2. The van der Waals surface area contributed by atoms with Gasteiger partial charge in [-0.3, -0.25) is 0 Å². The van der Waals surface area contributed by atoms with E-state index >= 15 is 0 Å². The van der Waals surface area contributed by atoms with Gasteiger partial charge in [0.25, 0.3) is 0 Å². The molecule has 2 nitrogen and oxygen atoms in total. The van der Waals surface area contributed by atoms with E-state index < -0.39 is 16.1 Å². The van der Waals surface area contributed by atoms with Crippen molar-refractivity contribution >= 4 is 91.8 Å². The van der Waals surface area contributed by atoms with Crippen molar-refractivity contribution < 1.29 is 0 Å². The van der Waals surface area contributed by atoms with Crippen molar-refractivity contribution in [1.29, 1.82) is 0 Å². The molecule has 0 fully saturated rings. The summed E-state index contributed by atoms with van der Waals surface area (Å²) in [7, 11) is -5.41. The lowest BCUT2D eigenvalue weighted by Gasteiger charge is -2.45. The normalized spacial score (nSPS) is 14.1. The number of aryl methyl sites for hydroxylation is 2. The molecule has 0 spiro atoms. The third-order valence-corrected chi connectivity index (χ3v) is 24.0. The van der Waals surface area contributed by atoms with Crippen LogP contribution in [0.25, 0.3) is 11.1 Å². The molecule has 0 unspecified atom stereocenters. The monoisotopic (exact) mass is 876 g/mol. The molecule has 12 rings (SSSR count). The van der Waals surface area contributed by atoms with Crippen molar-refractivity contribution in [2.45, 2.75) is 13.8 Å². The highest BCUT2D eigenvalue weighted by Crippen LogP contribution is 2.44. The van der Waals surface area contributed by atoms with Crippen LogP contribution < -0.4 is 51.3 Å². The molecule has 314 valence electrons. The first-order valence-corrected chi connectivity index (χ1v) is 27.0. The van der Waals surface area contributed by atoms with Gasteiger partial charge in [-0.2, -0.15) is 0 Å². The molecule has 0 saturated carbocycles. The maximum atomic E-state index is 2.55. The first-order chi connectivity index (χ1) is 32.6. The van der Waals surface area contributed by atoms with Gasteiger partial charge < -0.3 is 9.80 Å². The van der Waals surface area contributed by atoms with Crippen LogP contribution in [0.3, 0.4) is 0 Å². The second-order valence-electron chi connectivity index (χ2n) is 17.7. The van der Waals surface area contributed by atoms with Crippen molar-refractivity contribution in [1.82, 2.24) is 0 Å². The van der Waals surface area contributed by atoms with Crippen LogP contribution in [0.15, 0.2) is 255 Å². The van der Waals surface area contributed by atoms with Gasteiger partial charge in [-0.15, -0.1) is 0 Å². The van der Waals surface area contributed by atoms with Gasteiger partial charge in [0.2, 0.25) is 0 Å². The average Bonchev–Trinajstić information content (AvgIpc) is 3.39. The van der Waals surface area contributed by atoms with Gasteiger partial charge in [-0.05, 0) is 120 Å². The number of rotatable bonds is 7. The molecule has 4 heteroatoms. The van der Waals surface area contributed by atoms with E-state index in [4.69, 9.17) is 0 Å². The van der Waals surface area contributed by atoms with Crippen LogP contribution >= 0.6 is 0 Å². The van der Waals surface area contributed by atoms with Crippen LogP contribution in [0.5, 0.6) is 0 Å². The first kappa shape index (κ1) is 39.8. The first-order valence-electron chi connectivity index (χ1n) is 23.0. The zero-order valence-electron chi connectivity index (χ0n) is 37.1. The molecule has 10 aromatic rings. The molecule has 0 amide bonds. The average molecular weight is 877 g/mol. The minimum atomic E-state index is -2.72. The quantitative estimate of drug-likeness (QED) is 0.147. The van der Waals surface area contributed by atoms with Gasteiger partial charge >= 0.3 is 0 Å². The summed E-state index contributed by atoms with van der Waals surface area (Å²) in [5, 5.41) is 11.2. The predicted octanol–water partition coefficient (Wildman–Crippen LogP) is 10.3. The largest absolute Gasteiger partial charge is 0.311 e. The lowest BCUT2D eigenvalue weighted by Crippen LogP contribution is -2.77. The summed E-state index contributed by atoms with van der Waals surface area (Å²) in [6, 6.07) is 95.8. The Bertz CT molecular complexity index is 3210. The summed E-state index contributed by atoms with van der Waals surface area (Å²) in [6.45, 7) is 4.53. The Labute approximate surface area is 390 Å². The van der Waals surface area contributed by atoms with Gasteiger partial charge in [-0.25, -0.2) is 0 Å². The second-order valence-corrected chi connectivity index (χ2v) is 25.2. The van der Waals surface area contributed by atoms with Crippen LogP contribution in [0.2, 0.25) is 0 Å². The fourth-order valence-electron chi connectivity index (χ4n) is 11.5. The molecule has 0 aliphatic carbocycles. The van der Waals surface area contributed by atoms with E-state index in [0.29, 0.717) is 0 Å². The Morgan fingerprint density at radius 1 is 0.273 bits per heavy atom. The van der Waals surface area contributed by atoms with Gasteiger partial charge in [0.15, 0.2) is 16.1 Å². The Morgan fingerprint density at radius 3 is 0.955 bits per heavy atom. The summed E-state index contributed by atoms with van der Waals surface area (Å²) >= 11 is 0. The summed E-state index contributed by atoms with van der Waals surface area (Å²) < 4.78 is 0. The topological polar surface area (TPSA) is 6.48 Å². The number of hydrogen-bond acceptors (Lipinski definition) is 2. The van der Waals surface area contributed by atoms with E-state index in [0.717, 1.165) is 5.69 Å². The van der Waals surface area contributed by atoms with Crippen LogP contribution in [0.1, 0.15) is 11.1 Å². The standard InChI is InChI=1S/C62H48N2Si2/c1-45-43-46(2)58(64-56-33-17-21-37-61(56)66(51-27-11-5-12-28-51,52-29-13-6-14-30-52)62-38-22-18-34-57(62)64)44-53(45)47-39-41-48(42-40-47)63-54-31-15-19-35-59(54)65(49-23-7-3-8-24-49,50-25-9-4-10-26-50)60-36-20-16-32-55(60)63/h3-44H,1-2H3. The van der Waals surface area contributed by atoms with Gasteiger partial charge in [0, 0.05) is 34.1 Å². The smallest absolute Gasteiger partial charge is 0.184 e. The summed E-state index contributed by atoms with van der Waals surface area (Å²) in [5.74, 6) is 0. The van der Waals surface area contributed by atoms with Crippen molar-refractivity contribution in [3.8, 4) is 11.1 Å². The zero-order valence-corrected chi connectivity index (χ0v) is 39.1. The minimum absolute atomic E-state index is 1.15. The highest BCUT2D eigenvalue weighted by atomic mass is 28.3. The highest BCUT2D eigenvalue weighted by molar-refractivity contribution is 7.22.